The molecule has 4 heteroatoms. The Kier molecular flexibility index (Phi) is 6.02. The average molecular weight is 290 g/mol. The molecule has 0 spiro atoms. The Morgan fingerprint density at radius 3 is 2.70 bits per heavy atom. The van der Waals surface area contributed by atoms with Gasteiger partial charge in [0.1, 0.15) is 17.4 Å². The third-order valence-electron chi connectivity index (χ3n) is 3.02. The van der Waals surface area contributed by atoms with Gasteiger partial charge in [-0.25, -0.2) is 4.98 Å². The first kappa shape index (κ1) is 15.0. The molecule has 0 aliphatic heterocycles. The van der Waals surface area contributed by atoms with E-state index in [9.17, 15) is 0 Å². The number of ether oxygens (including phenoxy) is 1. The van der Waals surface area contributed by atoms with Crippen molar-refractivity contribution < 1.29 is 4.74 Å². The second kappa shape index (κ2) is 8.02. The molecular formula is C16H22N2OS. The molecule has 0 radical (unpaired) electrons. The predicted molar refractivity (Wildman–Crippen MR) is 84.3 cm³/mol. The average Bonchev–Trinajstić information content (AvgIpc) is 2.94. The number of thiazole rings is 1. The lowest BCUT2D eigenvalue weighted by Crippen LogP contribution is -2.13. The SMILES string of the molecule is CCCNCc1nc(COc2ccc(CC)cc2)cs1. The van der Waals surface area contributed by atoms with Crippen LogP contribution in [0.1, 0.15) is 36.5 Å². The van der Waals surface area contributed by atoms with E-state index in [0.717, 1.165) is 42.4 Å². The molecule has 2 rings (SSSR count). The van der Waals surface area contributed by atoms with Crippen LogP contribution in [0.25, 0.3) is 0 Å². The summed E-state index contributed by atoms with van der Waals surface area (Å²) in [5.41, 5.74) is 2.33. The van der Waals surface area contributed by atoms with E-state index in [1.807, 2.05) is 12.1 Å². The second-order valence-electron chi connectivity index (χ2n) is 4.70. The van der Waals surface area contributed by atoms with Crippen molar-refractivity contribution in [2.45, 2.75) is 39.8 Å². The van der Waals surface area contributed by atoms with Crippen molar-refractivity contribution in [3.8, 4) is 5.75 Å². The maximum absolute atomic E-state index is 5.75. The zero-order chi connectivity index (χ0) is 14.2. The fourth-order valence-electron chi connectivity index (χ4n) is 1.85. The van der Waals surface area contributed by atoms with Crippen LogP contribution in [0.3, 0.4) is 0 Å². The highest BCUT2D eigenvalue weighted by atomic mass is 32.1. The summed E-state index contributed by atoms with van der Waals surface area (Å²) < 4.78 is 5.75. The lowest BCUT2D eigenvalue weighted by molar-refractivity contribution is 0.302. The Morgan fingerprint density at radius 2 is 2.00 bits per heavy atom. The molecule has 1 heterocycles. The van der Waals surface area contributed by atoms with Gasteiger partial charge in [0.05, 0.1) is 5.69 Å². The number of aromatic nitrogens is 1. The van der Waals surface area contributed by atoms with Gasteiger partial charge in [-0.15, -0.1) is 11.3 Å². The summed E-state index contributed by atoms with van der Waals surface area (Å²) in [6, 6.07) is 8.26. The van der Waals surface area contributed by atoms with E-state index in [1.54, 1.807) is 11.3 Å². The smallest absolute Gasteiger partial charge is 0.131 e. The Balaban J connectivity index is 1.81. The van der Waals surface area contributed by atoms with Gasteiger partial charge >= 0.3 is 0 Å². The number of nitrogens with one attached hydrogen (secondary N) is 1. The van der Waals surface area contributed by atoms with Crippen molar-refractivity contribution >= 4 is 11.3 Å². The first-order valence-electron chi connectivity index (χ1n) is 7.17. The van der Waals surface area contributed by atoms with Gasteiger partial charge in [-0.3, -0.25) is 0 Å². The maximum Gasteiger partial charge on any atom is 0.131 e. The fraction of sp³-hybridized carbons (Fsp3) is 0.438. The molecule has 3 nitrogen and oxygen atoms in total. The molecule has 0 saturated carbocycles. The summed E-state index contributed by atoms with van der Waals surface area (Å²) in [4.78, 5) is 4.56. The van der Waals surface area contributed by atoms with Gasteiger partial charge in [0.25, 0.3) is 0 Å². The van der Waals surface area contributed by atoms with E-state index >= 15 is 0 Å². The van der Waals surface area contributed by atoms with Gasteiger partial charge in [-0.2, -0.15) is 0 Å². The molecule has 108 valence electrons. The Hall–Kier alpha value is -1.39. The molecule has 0 aliphatic carbocycles. The third-order valence-corrected chi connectivity index (χ3v) is 3.92. The minimum atomic E-state index is 0.537. The molecule has 0 fully saturated rings. The van der Waals surface area contributed by atoms with E-state index in [0.29, 0.717) is 6.61 Å². The Labute approximate surface area is 125 Å². The molecule has 1 N–H and O–H groups in total. The van der Waals surface area contributed by atoms with Crippen LogP contribution in [-0.4, -0.2) is 11.5 Å². The molecule has 20 heavy (non-hydrogen) atoms. The lowest BCUT2D eigenvalue weighted by atomic mass is 10.2. The molecule has 0 bridgehead atoms. The van der Waals surface area contributed by atoms with Gasteiger partial charge in [0.15, 0.2) is 0 Å². The van der Waals surface area contributed by atoms with Crippen molar-refractivity contribution in [3.05, 3.63) is 45.9 Å². The van der Waals surface area contributed by atoms with E-state index in [-0.39, 0.29) is 0 Å². The van der Waals surface area contributed by atoms with Crippen LogP contribution in [0.2, 0.25) is 0 Å². The van der Waals surface area contributed by atoms with Crippen LogP contribution in [0.4, 0.5) is 0 Å². The number of aryl methyl sites for hydroxylation is 1. The molecular weight excluding hydrogens is 268 g/mol. The minimum absolute atomic E-state index is 0.537. The second-order valence-corrected chi connectivity index (χ2v) is 5.64. The van der Waals surface area contributed by atoms with E-state index in [2.05, 4.69) is 41.7 Å². The van der Waals surface area contributed by atoms with Crippen LogP contribution < -0.4 is 10.1 Å². The largest absolute Gasteiger partial charge is 0.487 e. The monoisotopic (exact) mass is 290 g/mol. The van der Waals surface area contributed by atoms with Crippen molar-refractivity contribution in [2.24, 2.45) is 0 Å². The van der Waals surface area contributed by atoms with Crippen LogP contribution in [0.15, 0.2) is 29.6 Å². The number of hydrogen-bond donors (Lipinski definition) is 1. The molecule has 2 aromatic rings. The maximum atomic E-state index is 5.75. The number of benzene rings is 1. The van der Waals surface area contributed by atoms with Gasteiger partial charge in [-0.1, -0.05) is 26.0 Å². The number of nitrogens with zero attached hydrogens (tertiary/aromatic N) is 1. The summed E-state index contributed by atoms with van der Waals surface area (Å²) >= 11 is 1.69. The van der Waals surface area contributed by atoms with E-state index in [4.69, 9.17) is 4.74 Å². The number of hydrogen-bond acceptors (Lipinski definition) is 4. The Morgan fingerprint density at radius 1 is 1.20 bits per heavy atom. The Bertz CT molecular complexity index is 507. The lowest BCUT2D eigenvalue weighted by Gasteiger charge is -2.05. The summed E-state index contributed by atoms with van der Waals surface area (Å²) in [6.07, 6.45) is 2.20. The number of rotatable bonds is 8. The predicted octanol–water partition coefficient (Wildman–Crippen LogP) is 3.78. The minimum Gasteiger partial charge on any atom is -0.487 e. The summed E-state index contributed by atoms with van der Waals surface area (Å²) in [7, 11) is 0. The van der Waals surface area contributed by atoms with E-state index < -0.39 is 0 Å². The summed E-state index contributed by atoms with van der Waals surface area (Å²) in [6.45, 7) is 6.74. The van der Waals surface area contributed by atoms with Crippen molar-refractivity contribution in [2.75, 3.05) is 6.54 Å². The van der Waals surface area contributed by atoms with Gasteiger partial charge in [-0.05, 0) is 37.1 Å². The molecule has 0 atom stereocenters. The fourth-order valence-corrected chi connectivity index (χ4v) is 2.60. The van der Waals surface area contributed by atoms with Crippen LogP contribution in [0.5, 0.6) is 5.75 Å². The van der Waals surface area contributed by atoms with E-state index in [1.165, 1.54) is 5.56 Å². The van der Waals surface area contributed by atoms with Gasteiger partial charge in [0, 0.05) is 11.9 Å². The molecule has 1 aromatic heterocycles. The standard InChI is InChI=1S/C16H22N2OS/c1-3-9-17-10-16-18-14(12-20-16)11-19-15-7-5-13(4-2)6-8-15/h5-8,12,17H,3-4,9-11H2,1-2H3. The van der Waals surface area contributed by atoms with Gasteiger partial charge in [0.2, 0.25) is 0 Å². The molecule has 1 aromatic carbocycles. The van der Waals surface area contributed by atoms with Crippen LogP contribution >= 0.6 is 11.3 Å². The zero-order valence-electron chi connectivity index (χ0n) is 12.2. The third kappa shape index (κ3) is 4.62. The van der Waals surface area contributed by atoms with Crippen molar-refractivity contribution in [1.29, 1.82) is 0 Å². The molecule has 0 saturated heterocycles. The first-order chi connectivity index (χ1) is 9.81. The summed E-state index contributed by atoms with van der Waals surface area (Å²) in [5, 5.41) is 6.55. The highest BCUT2D eigenvalue weighted by molar-refractivity contribution is 7.09. The van der Waals surface area contributed by atoms with Gasteiger partial charge < -0.3 is 10.1 Å². The highest BCUT2D eigenvalue weighted by Crippen LogP contribution is 2.16. The van der Waals surface area contributed by atoms with Crippen LogP contribution in [-0.2, 0) is 19.6 Å². The quantitative estimate of drug-likeness (QED) is 0.751. The zero-order valence-corrected chi connectivity index (χ0v) is 13.0. The highest BCUT2D eigenvalue weighted by Gasteiger charge is 2.03. The topological polar surface area (TPSA) is 34.2 Å². The van der Waals surface area contributed by atoms with Crippen molar-refractivity contribution in [3.63, 3.8) is 0 Å². The van der Waals surface area contributed by atoms with Crippen molar-refractivity contribution in [1.82, 2.24) is 10.3 Å². The summed E-state index contributed by atoms with van der Waals surface area (Å²) in [5.74, 6) is 0.904. The molecule has 0 unspecified atom stereocenters. The normalized spacial score (nSPS) is 10.7. The molecule has 0 amide bonds. The van der Waals surface area contributed by atoms with Crippen LogP contribution in [0, 0.1) is 0 Å². The molecule has 0 aliphatic rings. The first-order valence-corrected chi connectivity index (χ1v) is 8.05.